The highest BCUT2D eigenvalue weighted by molar-refractivity contribution is 5.48. The molecule has 1 N–H and O–H groups in total. The fourth-order valence-electron chi connectivity index (χ4n) is 2.23. The van der Waals surface area contributed by atoms with Gasteiger partial charge in [0.25, 0.3) is 0 Å². The molecular weight excluding hydrogens is 266 g/mol. The van der Waals surface area contributed by atoms with Crippen LogP contribution in [-0.2, 0) is 6.54 Å². The van der Waals surface area contributed by atoms with Gasteiger partial charge in [-0.25, -0.2) is 0 Å². The van der Waals surface area contributed by atoms with Gasteiger partial charge in [-0.2, -0.15) is 0 Å². The molecule has 0 unspecified atom stereocenters. The van der Waals surface area contributed by atoms with Gasteiger partial charge in [0.2, 0.25) is 0 Å². The summed E-state index contributed by atoms with van der Waals surface area (Å²) in [5, 5.41) is 3.38. The minimum Gasteiger partial charge on any atom is -0.497 e. The molecule has 0 saturated heterocycles. The summed E-state index contributed by atoms with van der Waals surface area (Å²) in [6.45, 7) is 2.17. The van der Waals surface area contributed by atoms with E-state index >= 15 is 0 Å². The third-order valence-corrected chi connectivity index (χ3v) is 3.40. The Kier molecular flexibility index (Phi) is 4.15. The van der Waals surface area contributed by atoms with Crippen molar-refractivity contribution >= 4 is 5.69 Å². The molecule has 2 aromatic rings. The predicted molar refractivity (Wildman–Crippen MR) is 82.4 cm³/mol. The first-order valence-electron chi connectivity index (χ1n) is 7.11. The van der Waals surface area contributed by atoms with Crippen molar-refractivity contribution in [2.75, 3.05) is 25.6 Å². The van der Waals surface area contributed by atoms with Crippen LogP contribution in [0.3, 0.4) is 0 Å². The first kappa shape index (κ1) is 13.6. The number of rotatable bonds is 4. The molecule has 3 rings (SSSR count). The standard InChI is InChI=1S/C17H19NO3/c1-19-15-6-4-14(5-7-15)18-12-13-3-8-16-17(11-13)21-10-2-9-20-16/h3-8,11,18H,2,9-10,12H2,1H3. The van der Waals surface area contributed by atoms with Gasteiger partial charge in [-0.15, -0.1) is 0 Å². The number of anilines is 1. The van der Waals surface area contributed by atoms with E-state index in [0.717, 1.165) is 48.1 Å². The van der Waals surface area contributed by atoms with E-state index < -0.39 is 0 Å². The monoisotopic (exact) mass is 285 g/mol. The summed E-state index contributed by atoms with van der Waals surface area (Å²) in [5.41, 5.74) is 2.22. The van der Waals surface area contributed by atoms with Crippen LogP contribution in [0, 0.1) is 0 Å². The molecule has 0 bridgehead atoms. The zero-order chi connectivity index (χ0) is 14.5. The third kappa shape index (κ3) is 3.40. The van der Waals surface area contributed by atoms with Crippen LogP contribution in [0.15, 0.2) is 42.5 Å². The molecule has 1 heterocycles. The lowest BCUT2D eigenvalue weighted by atomic mass is 10.2. The van der Waals surface area contributed by atoms with Crippen LogP contribution in [0.2, 0.25) is 0 Å². The number of nitrogens with one attached hydrogen (secondary N) is 1. The van der Waals surface area contributed by atoms with Crippen LogP contribution >= 0.6 is 0 Å². The van der Waals surface area contributed by atoms with Crippen LogP contribution in [0.5, 0.6) is 17.2 Å². The van der Waals surface area contributed by atoms with Crippen LogP contribution in [0.25, 0.3) is 0 Å². The highest BCUT2D eigenvalue weighted by Gasteiger charge is 2.10. The highest BCUT2D eigenvalue weighted by atomic mass is 16.5. The summed E-state index contributed by atoms with van der Waals surface area (Å²) in [6.07, 6.45) is 0.925. The Morgan fingerprint density at radius 1 is 1.00 bits per heavy atom. The predicted octanol–water partition coefficient (Wildman–Crippen LogP) is 3.47. The molecule has 0 spiro atoms. The Morgan fingerprint density at radius 2 is 1.76 bits per heavy atom. The molecule has 1 aliphatic rings. The third-order valence-electron chi connectivity index (χ3n) is 3.40. The molecule has 0 saturated carbocycles. The second-order valence-corrected chi connectivity index (χ2v) is 4.91. The Balaban J connectivity index is 1.66. The Bertz CT molecular complexity index is 595. The topological polar surface area (TPSA) is 39.7 Å². The fourth-order valence-corrected chi connectivity index (χ4v) is 2.23. The van der Waals surface area contributed by atoms with Gasteiger partial charge in [0.15, 0.2) is 11.5 Å². The fraction of sp³-hybridized carbons (Fsp3) is 0.294. The molecule has 110 valence electrons. The van der Waals surface area contributed by atoms with Crippen molar-refractivity contribution in [3.8, 4) is 17.2 Å². The molecule has 0 radical (unpaired) electrons. The van der Waals surface area contributed by atoms with Crippen molar-refractivity contribution in [2.45, 2.75) is 13.0 Å². The average Bonchev–Trinajstić information content (AvgIpc) is 2.78. The van der Waals surface area contributed by atoms with Crippen molar-refractivity contribution in [2.24, 2.45) is 0 Å². The molecular formula is C17H19NO3. The maximum Gasteiger partial charge on any atom is 0.161 e. The molecule has 0 aromatic heterocycles. The number of benzene rings is 2. The summed E-state index contributed by atoms with van der Waals surface area (Å²) in [7, 11) is 1.67. The van der Waals surface area contributed by atoms with Crippen LogP contribution in [0.4, 0.5) is 5.69 Å². The number of fused-ring (bicyclic) bond motifs is 1. The second kappa shape index (κ2) is 6.39. The smallest absolute Gasteiger partial charge is 0.161 e. The number of hydrogen-bond acceptors (Lipinski definition) is 4. The van der Waals surface area contributed by atoms with E-state index in [1.165, 1.54) is 0 Å². The summed E-state index contributed by atoms with van der Waals surface area (Å²) in [4.78, 5) is 0. The van der Waals surface area contributed by atoms with Crippen molar-refractivity contribution in [1.29, 1.82) is 0 Å². The van der Waals surface area contributed by atoms with Crippen molar-refractivity contribution < 1.29 is 14.2 Å². The molecule has 1 aliphatic heterocycles. The second-order valence-electron chi connectivity index (χ2n) is 4.91. The van der Waals surface area contributed by atoms with Crippen LogP contribution in [0.1, 0.15) is 12.0 Å². The molecule has 0 amide bonds. The first-order chi connectivity index (χ1) is 10.3. The highest BCUT2D eigenvalue weighted by Crippen LogP contribution is 2.30. The average molecular weight is 285 g/mol. The molecule has 0 aliphatic carbocycles. The lowest BCUT2D eigenvalue weighted by Gasteiger charge is -2.11. The zero-order valence-corrected chi connectivity index (χ0v) is 12.1. The van der Waals surface area contributed by atoms with Crippen molar-refractivity contribution in [1.82, 2.24) is 0 Å². The Morgan fingerprint density at radius 3 is 2.52 bits per heavy atom. The largest absolute Gasteiger partial charge is 0.497 e. The number of ether oxygens (including phenoxy) is 3. The van der Waals surface area contributed by atoms with E-state index in [9.17, 15) is 0 Å². The van der Waals surface area contributed by atoms with E-state index in [1.807, 2.05) is 36.4 Å². The lowest BCUT2D eigenvalue weighted by Crippen LogP contribution is -2.00. The summed E-state index contributed by atoms with van der Waals surface area (Å²) in [6, 6.07) is 14.0. The van der Waals surface area contributed by atoms with E-state index in [1.54, 1.807) is 7.11 Å². The van der Waals surface area contributed by atoms with Gasteiger partial charge in [-0.1, -0.05) is 6.07 Å². The van der Waals surface area contributed by atoms with Crippen LogP contribution < -0.4 is 19.5 Å². The van der Waals surface area contributed by atoms with E-state index in [-0.39, 0.29) is 0 Å². The minimum atomic E-state index is 0.711. The quantitative estimate of drug-likeness (QED) is 0.933. The minimum absolute atomic E-state index is 0.711. The van der Waals surface area contributed by atoms with E-state index in [2.05, 4.69) is 11.4 Å². The molecule has 4 nitrogen and oxygen atoms in total. The van der Waals surface area contributed by atoms with Gasteiger partial charge in [0.1, 0.15) is 5.75 Å². The summed E-state index contributed by atoms with van der Waals surface area (Å²) >= 11 is 0. The molecule has 2 aromatic carbocycles. The van der Waals surface area contributed by atoms with E-state index in [4.69, 9.17) is 14.2 Å². The SMILES string of the molecule is COc1ccc(NCc2ccc3c(c2)OCCCO3)cc1. The van der Waals surface area contributed by atoms with E-state index in [0.29, 0.717) is 6.61 Å². The molecule has 21 heavy (non-hydrogen) atoms. The molecule has 0 fully saturated rings. The van der Waals surface area contributed by atoms with Gasteiger partial charge in [-0.3, -0.25) is 0 Å². The summed E-state index contributed by atoms with van der Waals surface area (Å²) < 4.78 is 16.5. The van der Waals surface area contributed by atoms with Crippen molar-refractivity contribution in [3.63, 3.8) is 0 Å². The van der Waals surface area contributed by atoms with Gasteiger partial charge < -0.3 is 19.5 Å². The normalized spacial score (nSPS) is 13.4. The molecule has 4 heteroatoms. The maximum absolute atomic E-state index is 5.70. The van der Waals surface area contributed by atoms with Gasteiger partial charge in [-0.05, 0) is 42.0 Å². The maximum atomic E-state index is 5.70. The van der Waals surface area contributed by atoms with Gasteiger partial charge in [0, 0.05) is 18.7 Å². The van der Waals surface area contributed by atoms with Crippen LogP contribution in [-0.4, -0.2) is 20.3 Å². The lowest BCUT2D eigenvalue weighted by molar-refractivity contribution is 0.297. The molecule has 0 atom stereocenters. The zero-order valence-electron chi connectivity index (χ0n) is 12.1. The number of hydrogen-bond donors (Lipinski definition) is 1. The van der Waals surface area contributed by atoms with Gasteiger partial charge in [0.05, 0.1) is 20.3 Å². The van der Waals surface area contributed by atoms with Crippen molar-refractivity contribution in [3.05, 3.63) is 48.0 Å². The Hall–Kier alpha value is -2.36. The number of methoxy groups -OCH3 is 1. The Labute approximate surface area is 124 Å². The summed E-state index contributed by atoms with van der Waals surface area (Å²) in [5.74, 6) is 2.53. The first-order valence-corrected chi connectivity index (χ1v) is 7.11. The van der Waals surface area contributed by atoms with Gasteiger partial charge >= 0.3 is 0 Å².